The number of rotatable bonds is 8. The van der Waals surface area contributed by atoms with Crippen molar-refractivity contribution in [1.29, 1.82) is 0 Å². The lowest BCUT2D eigenvalue weighted by molar-refractivity contribution is 0.0940. The van der Waals surface area contributed by atoms with Crippen LogP contribution in [0.5, 0.6) is 0 Å². The Morgan fingerprint density at radius 3 is 2.36 bits per heavy atom. The molecule has 1 unspecified atom stereocenters. The first-order valence-corrected chi connectivity index (χ1v) is 11.8. The molecule has 0 aliphatic rings. The average Bonchev–Trinajstić information content (AvgIpc) is 3.38. The summed E-state index contributed by atoms with van der Waals surface area (Å²) in [4.78, 5) is 31.0. The van der Waals surface area contributed by atoms with E-state index in [1.54, 1.807) is 36.2 Å². The van der Waals surface area contributed by atoms with Crippen LogP contribution in [0.25, 0.3) is 11.5 Å². The second kappa shape index (κ2) is 11.3. The Kier molecular flexibility index (Phi) is 7.75. The molecule has 4 aromatic rings. The van der Waals surface area contributed by atoms with Gasteiger partial charge in [0.15, 0.2) is 5.82 Å². The van der Waals surface area contributed by atoms with E-state index in [1.165, 1.54) is 0 Å². The minimum atomic E-state index is -0.210. The molecule has 0 radical (unpaired) electrons. The van der Waals surface area contributed by atoms with Gasteiger partial charge in [-0.05, 0) is 55.8 Å². The molecule has 0 fully saturated rings. The Bertz CT molecular complexity index is 1300. The first kappa shape index (κ1) is 24.7. The number of nitrogens with zero attached hydrogens (tertiary/aromatic N) is 3. The van der Waals surface area contributed by atoms with Gasteiger partial charge in [0.05, 0.1) is 6.04 Å². The Morgan fingerprint density at radius 1 is 0.972 bits per heavy atom. The van der Waals surface area contributed by atoms with Gasteiger partial charge in [-0.3, -0.25) is 4.79 Å². The highest BCUT2D eigenvalue weighted by atomic mass is 16.5. The Labute approximate surface area is 210 Å². The number of likely N-dealkylation sites (N-methyl/N-ethyl adjacent to an activating group) is 1. The lowest BCUT2D eigenvalue weighted by atomic mass is 10.1. The summed E-state index contributed by atoms with van der Waals surface area (Å²) in [5, 5.41) is 9.89. The molecular formula is C28H29N5O3. The molecule has 1 atom stereocenters. The zero-order valence-corrected chi connectivity index (χ0v) is 20.6. The lowest BCUT2D eigenvalue weighted by Crippen LogP contribution is -2.33. The molecule has 4 rings (SSSR count). The number of aromatic nitrogens is 2. The number of aryl methyl sites for hydroxylation is 1. The van der Waals surface area contributed by atoms with Crippen LogP contribution < -0.4 is 10.6 Å². The van der Waals surface area contributed by atoms with Gasteiger partial charge >= 0.3 is 6.03 Å². The minimum Gasteiger partial charge on any atom is -0.346 e. The quantitative estimate of drug-likeness (QED) is 0.357. The maximum absolute atomic E-state index is 12.6. The van der Waals surface area contributed by atoms with Gasteiger partial charge < -0.3 is 20.1 Å². The summed E-state index contributed by atoms with van der Waals surface area (Å²) in [6, 6.07) is 24.1. The van der Waals surface area contributed by atoms with Crippen molar-refractivity contribution in [2.45, 2.75) is 26.3 Å². The van der Waals surface area contributed by atoms with Crippen LogP contribution >= 0.6 is 0 Å². The second-order valence-electron chi connectivity index (χ2n) is 8.67. The Morgan fingerprint density at radius 2 is 1.67 bits per heavy atom. The monoisotopic (exact) mass is 483 g/mol. The fraction of sp³-hybridized carbons (Fsp3) is 0.214. The van der Waals surface area contributed by atoms with E-state index in [0.717, 1.165) is 16.8 Å². The van der Waals surface area contributed by atoms with Gasteiger partial charge in [0.25, 0.3) is 11.8 Å². The van der Waals surface area contributed by atoms with Gasteiger partial charge in [-0.1, -0.05) is 53.2 Å². The Balaban J connectivity index is 1.29. The molecule has 3 amide bonds. The smallest absolute Gasteiger partial charge is 0.321 e. The number of amides is 3. The molecule has 8 nitrogen and oxygen atoms in total. The molecule has 184 valence electrons. The predicted molar refractivity (Wildman–Crippen MR) is 139 cm³/mol. The van der Waals surface area contributed by atoms with Crippen molar-refractivity contribution in [3.8, 4) is 11.5 Å². The lowest BCUT2D eigenvalue weighted by Gasteiger charge is -2.17. The summed E-state index contributed by atoms with van der Waals surface area (Å²) >= 11 is 0. The summed E-state index contributed by atoms with van der Waals surface area (Å²) < 4.78 is 5.39. The maximum atomic E-state index is 12.6. The van der Waals surface area contributed by atoms with E-state index in [4.69, 9.17) is 4.52 Å². The van der Waals surface area contributed by atoms with Crippen LogP contribution in [0.3, 0.4) is 0 Å². The van der Waals surface area contributed by atoms with Crippen LogP contribution in [0.15, 0.2) is 83.4 Å². The Hall–Kier alpha value is -4.46. The van der Waals surface area contributed by atoms with Gasteiger partial charge in [-0.25, -0.2) is 4.79 Å². The van der Waals surface area contributed by atoms with Crippen molar-refractivity contribution in [3.05, 3.63) is 101 Å². The molecule has 2 N–H and O–H groups in total. The van der Waals surface area contributed by atoms with Crippen molar-refractivity contribution in [3.63, 3.8) is 0 Å². The van der Waals surface area contributed by atoms with E-state index in [9.17, 15) is 9.59 Å². The molecule has 0 saturated heterocycles. The number of hydrogen-bond donors (Lipinski definition) is 2. The minimum absolute atomic E-state index is 0.103. The van der Waals surface area contributed by atoms with Gasteiger partial charge in [-0.2, -0.15) is 4.98 Å². The number of hydrogen-bond acceptors (Lipinski definition) is 5. The topological polar surface area (TPSA) is 100 Å². The fourth-order valence-corrected chi connectivity index (χ4v) is 3.57. The molecule has 3 aromatic carbocycles. The van der Waals surface area contributed by atoms with E-state index in [-0.39, 0.29) is 18.0 Å². The predicted octanol–water partition coefficient (Wildman–Crippen LogP) is 5.24. The van der Waals surface area contributed by atoms with Gasteiger partial charge in [0.1, 0.15) is 0 Å². The molecule has 0 bridgehead atoms. The van der Waals surface area contributed by atoms with Crippen molar-refractivity contribution in [2.24, 2.45) is 0 Å². The maximum Gasteiger partial charge on any atom is 0.321 e. The molecule has 0 aliphatic carbocycles. The van der Waals surface area contributed by atoms with E-state index in [1.807, 2.05) is 68.4 Å². The molecule has 1 heterocycles. The zero-order chi connectivity index (χ0) is 25.5. The van der Waals surface area contributed by atoms with Gasteiger partial charge in [0, 0.05) is 36.8 Å². The van der Waals surface area contributed by atoms with Crippen LogP contribution in [0.4, 0.5) is 10.5 Å². The molecule has 0 saturated carbocycles. The summed E-state index contributed by atoms with van der Waals surface area (Å²) in [5.74, 6) is 0.705. The third-order valence-corrected chi connectivity index (χ3v) is 5.83. The second-order valence-corrected chi connectivity index (χ2v) is 8.67. The molecule has 0 aliphatic heterocycles. The van der Waals surface area contributed by atoms with Crippen LogP contribution in [0, 0.1) is 6.92 Å². The highest BCUT2D eigenvalue weighted by molar-refractivity contribution is 5.94. The highest BCUT2D eigenvalue weighted by Crippen LogP contribution is 2.19. The van der Waals surface area contributed by atoms with E-state index in [2.05, 4.69) is 20.8 Å². The van der Waals surface area contributed by atoms with Gasteiger partial charge in [-0.15, -0.1) is 0 Å². The zero-order valence-electron chi connectivity index (χ0n) is 20.6. The number of urea groups is 1. The largest absolute Gasteiger partial charge is 0.346 e. The van der Waals surface area contributed by atoms with Crippen molar-refractivity contribution in [1.82, 2.24) is 20.4 Å². The van der Waals surface area contributed by atoms with Crippen molar-refractivity contribution in [2.75, 3.05) is 18.9 Å². The number of carbonyl (C=O) groups excluding carboxylic acids is 2. The number of anilines is 1. The summed E-state index contributed by atoms with van der Waals surface area (Å²) in [7, 11) is 1.72. The normalized spacial score (nSPS) is 11.5. The van der Waals surface area contributed by atoms with Crippen LogP contribution in [-0.2, 0) is 6.42 Å². The number of benzene rings is 3. The van der Waals surface area contributed by atoms with Crippen LogP contribution in [0.2, 0.25) is 0 Å². The van der Waals surface area contributed by atoms with E-state index < -0.39 is 0 Å². The van der Waals surface area contributed by atoms with Crippen molar-refractivity contribution >= 4 is 17.6 Å². The summed E-state index contributed by atoms with van der Waals surface area (Å²) in [5.41, 5.74) is 4.17. The first-order valence-electron chi connectivity index (χ1n) is 11.8. The fourth-order valence-electron chi connectivity index (χ4n) is 3.57. The van der Waals surface area contributed by atoms with Crippen LogP contribution in [0.1, 0.15) is 40.3 Å². The molecule has 1 aromatic heterocycles. The van der Waals surface area contributed by atoms with Crippen molar-refractivity contribution < 1.29 is 14.1 Å². The molecule has 36 heavy (non-hydrogen) atoms. The van der Waals surface area contributed by atoms with E-state index in [0.29, 0.717) is 35.8 Å². The average molecular weight is 484 g/mol. The molecular weight excluding hydrogens is 454 g/mol. The summed E-state index contributed by atoms with van der Waals surface area (Å²) in [6.45, 7) is 4.37. The third-order valence-electron chi connectivity index (χ3n) is 5.83. The SMILES string of the molecule is Cc1ccc(NC(=O)N(C)CCc2noc(-c3ccc(C(=O)NC(C)c4ccccc4)cc3)n2)cc1. The number of carbonyl (C=O) groups is 2. The molecule has 0 spiro atoms. The number of nitrogens with one attached hydrogen (secondary N) is 2. The van der Waals surface area contributed by atoms with E-state index >= 15 is 0 Å². The molecule has 8 heteroatoms. The third kappa shape index (κ3) is 6.35. The first-order chi connectivity index (χ1) is 17.4. The van der Waals surface area contributed by atoms with Gasteiger partial charge in [0.2, 0.25) is 0 Å². The highest BCUT2D eigenvalue weighted by Gasteiger charge is 2.15. The van der Waals surface area contributed by atoms with Crippen LogP contribution in [-0.4, -0.2) is 40.6 Å². The standard InChI is InChI=1S/C28H29N5O3/c1-19-9-15-24(16-10-19)30-28(35)33(3)18-17-25-31-27(36-32-25)23-13-11-22(12-14-23)26(34)29-20(2)21-7-5-4-6-8-21/h4-16,20H,17-18H2,1-3H3,(H,29,34)(H,30,35). The summed E-state index contributed by atoms with van der Waals surface area (Å²) in [6.07, 6.45) is 0.444.